The lowest BCUT2D eigenvalue weighted by molar-refractivity contribution is 0.0740. The predicted molar refractivity (Wildman–Crippen MR) is 91.1 cm³/mol. The highest BCUT2D eigenvalue weighted by atomic mass is 14.9. The van der Waals surface area contributed by atoms with Gasteiger partial charge in [0.2, 0.25) is 0 Å². The van der Waals surface area contributed by atoms with Crippen LogP contribution in [0, 0.1) is 23.2 Å². The minimum absolute atomic E-state index is 0.590. The van der Waals surface area contributed by atoms with E-state index in [2.05, 4.69) is 39.9 Å². The molecule has 1 unspecified atom stereocenters. The highest BCUT2D eigenvalue weighted by molar-refractivity contribution is 4.90. The maximum atomic E-state index is 3.77. The van der Waals surface area contributed by atoms with E-state index in [1.807, 2.05) is 0 Å². The standard InChI is InChI=1S/C19H39N/c1-6-8-9-18-10-12-19(13-11-18,17(5)7-2)15-20-14-16(3)4/h16-18,20H,6-15H2,1-5H3. The third-order valence-corrected chi connectivity index (χ3v) is 5.75. The molecule has 0 aliphatic heterocycles. The van der Waals surface area contributed by atoms with Gasteiger partial charge in [-0.3, -0.25) is 0 Å². The van der Waals surface area contributed by atoms with Gasteiger partial charge in [-0.2, -0.15) is 0 Å². The van der Waals surface area contributed by atoms with Gasteiger partial charge in [0.15, 0.2) is 0 Å². The highest BCUT2D eigenvalue weighted by Crippen LogP contribution is 2.46. The van der Waals surface area contributed by atoms with Gasteiger partial charge in [-0.1, -0.05) is 60.3 Å². The van der Waals surface area contributed by atoms with Gasteiger partial charge < -0.3 is 5.32 Å². The van der Waals surface area contributed by atoms with E-state index in [-0.39, 0.29) is 0 Å². The van der Waals surface area contributed by atoms with Crippen LogP contribution in [0.4, 0.5) is 0 Å². The van der Waals surface area contributed by atoms with Crippen LogP contribution in [0.5, 0.6) is 0 Å². The first-order valence-corrected chi connectivity index (χ1v) is 9.24. The maximum absolute atomic E-state index is 3.77. The Bertz CT molecular complexity index is 238. The number of rotatable bonds is 9. The Morgan fingerprint density at radius 3 is 2.25 bits per heavy atom. The van der Waals surface area contributed by atoms with Gasteiger partial charge in [0.25, 0.3) is 0 Å². The Morgan fingerprint density at radius 1 is 1.10 bits per heavy atom. The van der Waals surface area contributed by atoms with E-state index in [0.29, 0.717) is 5.41 Å². The highest BCUT2D eigenvalue weighted by Gasteiger charge is 2.38. The molecule has 0 saturated heterocycles. The quantitative estimate of drug-likeness (QED) is 0.576. The summed E-state index contributed by atoms with van der Waals surface area (Å²) in [6, 6.07) is 0. The summed E-state index contributed by atoms with van der Waals surface area (Å²) in [6.07, 6.45) is 11.5. The summed E-state index contributed by atoms with van der Waals surface area (Å²) in [6.45, 7) is 14.2. The maximum Gasteiger partial charge on any atom is 0.00105 e. The number of unbranched alkanes of at least 4 members (excludes halogenated alkanes) is 1. The summed E-state index contributed by atoms with van der Waals surface area (Å²) in [5.74, 6) is 2.66. The second-order valence-corrected chi connectivity index (χ2v) is 7.78. The van der Waals surface area contributed by atoms with Gasteiger partial charge in [0.1, 0.15) is 0 Å². The van der Waals surface area contributed by atoms with Crippen LogP contribution in [0.15, 0.2) is 0 Å². The molecule has 1 rings (SSSR count). The molecular weight excluding hydrogens is 242 g/mol. The van der Waals surface area contributed by atoms with Crippen LogP contribution in [-0.4, -0.2) is 13.1 Å². The number of hydrogen-bond donors (Lipinski definition) is 1. The molecule has 0 spiro atoms. The van der Waals surface area contributed by atoms with Gasteiger partial charge in [0, 0.05) is 6.54 Å². The first-order valence-electron chi connectivity index (χ1n) is 9.24. The van der Waals surface area contributed by atoms with Crippen molar-refractivity contribution in [2.24, 2.45) is 23.2 Å². The molecule has 120 valence electrons. The molecule has 1 fully saturated rings. The van der Waals surface area contributed by atoms with Gasteiger partial charge in [-0.15, -0.1) is 0 Å². The zero-order chi connectivity index (χ0) is 15.0. The molecule has 1 N–H and O–H groups in total. The molecule has 0 aromatic carbocycles. The van der Waals surface area contributed by atoms with Crippen LogP contribution in [0.3, 0.4) is 0 Å². The molecule has 1 nitrogen and oxygen atoms in total. The van der Waals surface area contributed by atoms with Crippen molar-refractivity contribution in [3.05, 3.63) is 0 Å². The molecule has 0 radical (unpaired) electrons. The molecular formula is C19H39N. The molecule has 1 heteroatoms. The second-order valence-electron chi connectivity index (χ2n) is 7.78. The monoisotopic (exact) mass is 281 g/mol. The van der Waals surface area contributed by atoms with E-state index in [1.165, 1.54) is 64.5 Å². The molecule has 0 bridgehead atoms. The lowest BCUT2D eigenvalue weighted by Gasteiger charge is -2.45. The molecule has 1 aliphatic carbocycles. The first kappa shape index (κ1) is 18.0. The third-order valence-electron chi connectivity index (χ3n) is 5.75. The Balaban J connectivity index is 2.50. The summed E-state index contributed by atoms with van der Waals surface area (Å²) in [5, 5.41) is 3.77. The van der Waals surface area contributed by atoms with Crippen LogP contribution in [0.25, 0.3) is 0 Å². The van der Waals surface area contributed by atoms with Gasteiger partial charge >= 0.3 is 0 Å². The van der Waals surface area contributed by atoms with Crippen molar-refractivity contribution in [1.29, 1.82) is 0 Å². The van der Waals surface area contributed by atoms with Crippen LogP contribution >= 0.6 is 0 Å². The lowest BCUT2D eigenvalue weighted by Crippen LogP contribution is -2.43. The van der Waals surface area contributed by atoms with Crippen molar-refractivity contribution in [1.82, 2.24) is 5.32 Å². The van der Waals surface area contributed by atoms with Crippen molar-refractivity contribution >= 4 is 0 Å². The second kappa shape index (κ2) is 9.07. The molecule has 1 atom stereocenters. The van der Waals surface area contributed by atoms with Gasteiger partial charge in [0.05, 0.1) is 0 Å². The zero-order valence-corrected chi connectivity index (χ0v) is 14.8. The Kier molecular flexibility index (Phi) is 8.17. The minimum atomic E-state index is 0.590. The number of hydrogen-bond acceptors (Lipinski definition) is 1. The van der Waals surface area contributed by atoms with E-state index in [4.69, 9.17) is 0 Å². The van der Waals surface area contributed by atoms with Crippen LogP contribution in [-0.2, 0) is 0 Å². The summed E-state index contributed by atoms with van der Waals surface area (Å²) in [7, 11) is 0. The van der Waals surface area contributed by atoms with Crippen molar-refractivity contribution in [3.8, 4) is 0 Å². The average molecular weight is 282 g/mol. The topological polar surface area (TPSA) is 12.0 Å². The molecule has 0 amide bonds. The Morgan fingerprint density at radius 2 is 1.75 bits per heavy atom. The molecule has 0 aromatic heterocycles. The summed E-state index contributed by atoms with van der Waals surface area (Å²) >= 11 is 0. The van der Waals surface area contributed by atoms with Crippen molar-refractivity contribution in [2.45, 2.75) is 86.0 Å². The molecule has 0 aromatic rings. The summed E-state index contributed by atoms with van der Waals surface area (Å²) in [5.41, 5.74) is 0.590. The molecule has 0 heterocycles. The smallest absolute Gasteiger partial charge is 0.00105 e. The van der Waals surface area contributed by atoms with Gasteiger partial charge in [-0.05, 0) is 55.4 Å². The van der Waals surface area contributed by atoms with Crippen molar-refractivity contribution in [3.63, 3.8) is 0 Å². The van der Waals surface area contributed by atoms with E-state index < -0.39 is 0 Å². The lowest BCUT2D eigenvalue weighted by atomic mass is 9.62. The van der Waals surface area contributed by atoms with Crippen LogP contribution in [0.1, 0.15) is 86.0 Å². The fourth-order valence-corrected chi connectivity index (χ4v) is 3.92. The summed E-state index contributed by atoms with van der Waals surface area (Å²) < 4.78 is 0. The predicted octanol–water partition coefficient (Wildman–Crippen LogP) is 5.64. The Hall–Kier alpha value is -0.0400. The number of nitrogens with one attached hydrogen (secondary N) is 1. The van der Waals surface area contributed by atoms with Crippen molar-refractivity contribution in [2.75, 3.05) is 13.1 Å². The van der Waals surface area contributed by atoms with E-state index >= 15 is 0 Å². The molecule has 20 heavy (non-hydrogen) atoms. The fraction of sp³-hybridized carbons (Fsp3) is 1.00. The zero-order valence-electron chi connectivity index (χ0n) is 14.8. The van der Waals surface area contributed by atoms with Gasteiger partial charge in [-0.25, -0.2) is 0 Å². The fourth-order valence-electron chi connectivity index (χ4n) is 3.92. The Labute approximate surface area is 128 Å². The third kappa shape index (κ3) is 5.39. The van der Waals surface area contributed by atoms with Crippen LogP contribution < -0.4 is 5.32 Å². The molecule has 1 aliphatic rings. The minimum Gasteiger partial charge on any atom is -0.316 e. The van der Waals surface area contributed by atoms with E-state index in [1.54, 1.807) is 0 Å². The van der Waals surface area contributed by atoms with Crippen LogP contribution in [0.2, 0.25) is 0 Å². The van der Waals surface area contributed by atoms with E-state index in [9.17, 15) is 0 Å². The average Bonchev–Trinajstić information content (AvgIpc) is 2.45. The summed E-state index contributed by atoms with van der Waals surface area (Å²) in [4.78, 5) is 0. The largest absolute Gasteiger partial charge is 0.316 e. The van der Waals surface area contributed by atoms with E-state index in [0.717, 1.165) is 17.8 Å². The first-order chi connectivity index (χ1) is 9.54. The SMILES string of the molecule is CCCCC1CCC(CNCC(C)C)(C(C)CC)CC1. The molecule has 1 saturated carbocycles. The normalized spacial score (nSPS) is 28.8. The van der Waals surface area contributed by atoms with Crippen molar-refractivity contribution < 1.29 is 0 Å².